The first-order chi connectivity index (χ1) is 8.81. The summed E-state index contributed by atoms with van der Waals surface area (Å²) in [6.07, 6.45) is -0.337. The molecule has 1 rings (SSSR count). The molecule has 102 valence electrons. The van der Waals surface area contributed by atoms with Gasteiger partial charge in [0.1, 0.15) is 5.69 Å². The molecule has 0 fully saturated rings. The number of nitro benzene ring substituents is 1. The number of nitro groups is 1. The molecule has 0 saturated carbocycles. The summed E-state index contributed by atoms with van der Waals surface area (Å²) < 4.78 is 0.499. The fourth-order valence-corrected chi connectivity index (χ4v) is 1.65. The van der Waals surface area contributed by atoms with E-state index in [-0.39, 0.29) is 17.8 Å². The van der Waals surface area contributed by atoms with Crippen LogP contribution in [0.25, 0.3) is 0 Å². The number of nitrogens with two attached hydrogens (primary N) is 2. The van der Waals surface area contributed by atoms with Gasteiger partial charge in [-0.15, -0.1) is 0 Å². The first kappa shape index (κ1) is 15.1. The first-order valence-electron chi connectivity index (χ1n) is 5.10. The maximum absolute atomic E-state index is 11.6. The number of nitrogens with one attached hydrogen (secondary N) is 1. The van der Waals surface area contributed by atoms with Crippen LogP contribution < -0.4 is 16.8 Å². The highest BCUT2D eigenvalue weighted by Crippen LogP contribution is 2.27. The molecule has 0 bridgehead atoms. The van der Waals surface area contributed by atoms with Crippen molar-refractivity contribution in [3.05, 3.63) is 32.8 Å². The largest absolute Gasteiger partial charge is 0.370 e. The number of anilines is 1. The summed E-state index contributed by atoms with van der Waals surface area (Å²) in [5.74, 6) is -1.45. The van der Waals surface area contributed by atoms with Gasteiger partial charge >= 0.3 is 0 Å². The van der Waals surface area contributed by atoms with Gasteiger partial charge in [-0.1, -0.05) is 15.9 Å². The summed E-state index contributed by atoms with van der Waals surface area (Å²) in [5.41, 5.74) is 10.1. The molecule has 1 aromatic rings. The van der Waals surface area contributed by atoms with Gasteiger partial charge in [0.2, 0.25) is 11.8 Å². The van der Waals surface area contributed by atoms with Crippen molar-refractivity contribution < 1.29 is 14.5 Å². The number of hydrogen-bond acceptors (Lipinski definition) is 5. The Morgan fingerprint density at radius 1 is 1.47 bits per heavy atom. The van der Waals surface area contributed by atoms with Crippen LogP contribution in [0.1, 0.15) is 6.42 Å². The highest BCUT2D eigenvalue weighted by atomic mass is 79.9. The Labute approximate surface area is 116 Å². The van der Waals surface area contributed by atoms with Gasteiger partial charge in [0, 0.05) is 10.5 Å². The minimum Gasteiger partial charge on any atom is -0.370 e. The van der Waals surface area contributed by atoms with E-state index in [0.717, 1.165) is 0 Å². The molecule has 19 heavy (non-hydrogen) atoms. The standard InChI is InChI=1S/C10H11BrN4O4/c11-5-1-2-7(8(3-5)15(18)19)14-10(17)6(12)4-9(13)16/h1-3,6H,4,12H2,(H2,13,16)(H,14,17). The first-order valence-corrected chi connectivity index (χ1v) is 5.89. The Hall–Kier alpha value is -2.00. The van der Waals surface area contributed by atoms with Gasteiger partial charge in [0.25, 0.3) is 5.69 Å². The lowest BCUT2D eigenvalue weighted by atomic mass is 10.2. The zero-order chi connectivity index (χ0) is 14.6. The van der Waals surface area contributed by atoms with E-state index < -0.39 is 22.8 Å². The highest BCUT2D eigenvalue weighted by molar-refractivity contribution is 9.10. The number of primary amides is 1. The minimum absolute atomic E-state index is 0.00174. The fourth-order valence-electron chi connectivity index (χ4n) is 1.30. The van der Waals surface area contributed by atoms with Crippen molar-refractivity contribution in [2.24, 2.45) is 11.5 Å². The van der Waals surface area contributed by atoms with Crippen molar-refractivity contribution in [2.75, 3.05) is 5.32 Å². The molecule has 0 saturated heterocycles. The number of carbonyl (C=O) groups excluding carboxylic acids is 2. The van der Waals surface area contributed by atoms with Crippen LogP contribution in [0.2, 0.25) is 0 Å². The summed E-state index contributed by atoms with van der Waals surface area (Å²) >= 11 is 3.09. The summed E-state index contributed by atoms with van der Waals surface area (Å²) in [7, 11) is 0. The van der Waals surface area contributed by atoms with E-state index >= 15 is 0 Å². The van der Waals surface area contributed by atoms with Crippen LogP contribution >= 0.6 is 15.9 Å². The average molecular weight is 331 g/mol. The van der Waals surface area contributed by atoms with E-state index in [9.17, 15) is 19.7 Å². The molecule has 0 aliphatic heterocycles. The molecule has 9 heteroatoms. The molecule has 0 radical (unpaired) electrons. The van der Waals surface area contributed by atoms with Crippen LogP contribution in [0.5, 0.6) is 0 Å². The summed E-state index contributed by atoms with van der Waals surface area (Å²) in [4.78, 5) is 32.5. The molecule has 1 unspecified atom stereocenters. The molecule has 0 heterocycles. The molecule has 1 aromatic carbocycles. The zero-order valence-electron chi connectivity index (χ0n) is 9.63. The van der Waals surface area contributed by atoms with Crippen LogP contribution in [0.3, 0.4) is 0 Å². The van der Waals surface area contributed by atoms with Crippen molar-refractivity contribution >= 4 is 39.1 Å². The molecule has 0 aliphatic rings. The number of carbonyl (C=O) groups is 2. The third-order valence-electron chi connectivity index (χ3n) is 2.17. The maximum Gasteiger partial charge on any atom is 0.293 e. The smallest absolute Gasteiger partial charge is 0.293 e. The van der Waals surface area contributed by atoms with Gasteiger partial charge in [-0.05, 0) is 12.1 Å². The summed E-state index contributed by atoms with van der Waals surface area (Å²) in [5, 5.41) is 13.1. The molecule has 0 spiro atoms. The average Bonchev–Trinajstić information content (AvgIpc) is 2.30. The number of rotatable bonds is 5. The lowest BCUT2D eigenvalue weighted by Gasteiger charge is -2.10. The fraction of sp³-hybridized carbons (Fsp3) is 0.200. The molecule has 1 atom stereocenters. The van der Waals surface area contributed by atoms with Crippen LogP contribution in [0, 0.1) is 10.1 Å². The van der Waals surface area contributed by atoms with E-state index in [4.69, 9.17) is 11.5 Å². The van der Waals surface area contributed by atoms with Crippen molar-refractivity contribution in [3.8, 4) is 0 Å². The Morgan fingerprint density at radius 2 is 2.11 bits per heavy atom. The van der Waals surface area contributed by atoms with Crippen molar-refractivity contribution in [1.29, 1.82) is 0 Å². The Morgan fingerprint density at radius 3 is 2.63 bits per heavy atom. The van der Waals surface area contributed by atoms with E-state index in [0.29, 0.717) is 4.47 Å². The van der Waals surface area contributed by atoms with E-state index in [1.165, 1.54) is 18.2 Å². The molecule has 8 nitrogen and oxygen atoms in total. The molecular weight excluding hydrogens is 320 g/mol. The van der Waals surface area contributed by atoms with Crippen LogP contribution in [0.4, 0.5) is 11.4 Å². The number of nitrogens with zero attached hydrogens (tertiary/aromatic N) is 1. The second kappa shape index (κ2) is 6.25. The number of halogens is 1. The third-order valence-corrected chi connectivity index (χ3v) is 2.67. The van der Waals surface area contributed by atoms with E-state index in [2.05, 4.69) is 21.2 Å². The van der Waals surface area contributed by atoms with Crippen molar-refractivity contribution in [2.45, 2.75) is 12.5 Å². The number of amides is 2. The van der Waals surface area contributed by atoms with Crippen LogP contribution in [0.15, 0.2) is 22.7 Å². The highest BCUT2D eigenvalue weighted by Gasteiger charge is 2.20. The summed E-state index contributed by atoms with van der Waals surface area (Å²) in [6.45, 7) is 0. The molecule has 0 aromatic heterocycles. The second-order valence-electron chi connectivity index (χ2n) is 3.68. The van der Waals surface area contributed by atoms with Gasteiger partial charge < -0.3 is 16.8 Å². The predicted molar refractivity (Wildman–Crippen MR) is 71.2 cm³/mol. The molecule has 0 aliphatic carbocycles. The SMILES string of the molecule is NC(=O)CC(N)C(=O)Nc1ccc(Br)cc1[N+](=O)[O-]. The van der Waals surface area contributed by atoms with E-state index in [1.807, 2.05) is 0 Å². The quantitative estimate of drug-likeness (QED) is 0.532. The predicted octanol–water partition coefficient (Wildman–Crippen LogP) is 0.498. The van der Waals surface area contributed by atoms with Crippen LogP contribution in [-0.2, 0) is 9.59 Å². The Kier molecular flexibility index (Phi) is 4.95. The summed E-state index contributed by atoms with van der Waals surface area (Å²) in [6, 6.07) is 2.98. The monoisotopic (exact) mass is 330 g/mol. The molecule has 2 amide bonds. The van der Waals surface area contributed by atoms with Crippen molar-refractivity contribution in [1.82, 2.24) is 0 Å². The molecular formula is C10H11BrN4O4. The van der Waals surface area contributed by atoms with Gasteiger partial charge in [0.15, 0.2) is 0 Å². The van der Waals surface area contributed by atoms with E-state index in [1.54, 1.807) is 0 Å². The number of hydrogen-bond donors (Lipinski definition) is 3. The topological polar surface area (TPSA) is 141 Å². The van der Waals surface area contributed by atoms with Crippen molar-refractivity contribution in [3.63, 3.8) is 0 Å². The lowest BCUT2D eigenvalue weighted by molar-refractivity contribution is -0.384. The maximum atomic E-state index is 11.6. The lowest BCUT2D eigenvalue weighted by Crippen LogP contribution is -2.39. The molecule has 5 N–H and O–H groups in total. The Bertz CT molecular complexity index is 534. The van der Waals surface area contributed by atoms with Gasteiger partial charge in [-0.2, -0.15) is 0 Å². The van der Waals surface area contributed by atoms with Gasteiger partial charge in [-0.25, -0.2) is 0 Å². The second-order valence-corrected chi connectivity index (χ2v) is 4.60. The van der Waals surface area contributed by atoms with Crippen LogP contribution in [-0.4, -0.2) is 22.8 Å². The third kappa shape index (κ3) is 4.30. The van der Waals surface area contributed by atoms with Gasteiger partial charge in [0.05, 0.1) is 17.4 Å². The minimum atomic E-state index is -1.15. The normalized spacial score (nSPS) is 11.7. The zero-order valence-corrected chi connectivity index (χ0v) is 11.2. The Balaban J connectivity index is 2.90. The number of benzene rings is 1. The van der Waals surface area contributed by atoms with Gasteiger partial charge in [-0.3, -0.25) is 19.7 Å².